The third-order valence-electron chi connectivity index (χ3n) is 3.67. The number of hydrogen-bond donors (Lipinski definition) is 1. The van der Waals surface area contributed by atoms with Crippen LogP contribution in [0.2, 0.25) is 0 Å². The average Bonchev–Trinajstić information content (AvgIpc) is 2.97. The molecule has 3 rings (SSSR count). The minimum Gasteiger partial charge on any atom is -0.335 e. The van der Waals surface area contributed by atoms with E-state index < -0.39 is 0 Å². The van der Waals surface area contributed by atoms with Crippen LogP contribution in [0.5, 0.6) is 0 Å². The number of nitrogens with zero attached hydrogens (tertiary/aromatic N) is 2. The van der Waals surface area contributed by atoms with Crippen LogP contribution in [0, 0.1) is 12.3 Å². The minimum atomic E-state index is 0.459. The summed E-state index contributed by atoms with van der Waals surface area (Å²) in [6.07, 6.45) is 11.6. The molecule has 0 spiro atoms. The molecule has 1 aliphatic carbocycles. The van der Waals surface area contributed by atoms with Crippen LogP contribution in [-0.4, -0.2) is 16.2 Å². The van der Waals surface area contributed by atoms with Crippen molar-refractivity contribution in [2.24, 2.45) is 0 Å². The number of benzene rings is 1. The van der Waals surface area contributed by atoms with Gasteiger partial charge in [0.2, 0.25) is 5.82 Å². The van der Waals surface area contributed by atoms with Crippen LogP contribution >= 0.6 is 0 Å². The molecule has 4 nitrogen and oxygen atoms in total. The van der Waals surface area contributed by atoms with E-state index in [-0.39, 0.29) is 0 Å². The molecule has 1 aliphatic rings. The lowest BCUT2D eigenvalue weighted by atomic mass is 9.96. The lowest BCUT2D eigenvalue weighted by Gasteiger charge is -2.21. The van der Waals surface area contributed by atoms with Gasteiger partial charge in [-0.15, -0.1) is 6.42 Å². The monoisotopic (exact) mass is 267 g/mol. The smallest absolute Gasteiger partial charge is 0.322 e. The maximum absolute atomic E-state index is 5.34. The summed E-state index contributed by atoms with van der Waals surface area (Å²) in [5.74, 6) is 3.18. The van der Waals surface area contributed by atoms with Crippen molar-refractivity contribution >= 4 is 6.01 Å². The first-order valence-electron chi connectivity index (χ1n) is 7.02. The highest BCUT2D eigenvalue weighted by molar-refractivity contribution is 5.57. The zero-order valence-electron chi connectivity index (χ0n) is 11.3. The predicted octanol–water partition coefficient (Wildman–Crippen LogP) is 3.46. The molecule has 4 heteroatoms. The van der Waals surface area contributed by atoms with Crippen molar-refractivity contribution in [3.05, 3.63) is 29.8 Å². The summed E-state index contributed by atoms with van der Waals surface area (Å²) in [6, 6.07) is 8.53. The lowest BCUT2D eigenvalue weighted by Crippen LogP contribution is -2.22. The first-order valence-corrected chi connectivity index (χ1v) is 7.02. The fraction of sp³-hybridized carbons (Fsp3) is 0.375. The number of aromatic nitrogens is 2. The third kappa shape index (κ3) is 2.83. The average molecular weight is 267 g/mol. The van der Waals surface area contributed by atoms with Crippen molar-refractivity contribution < 1.29 is 4.52 Å². The molecule has 1 saturated carbocycles. The predicted molar refractivity (Wildman–Crippen MR) is 78.2 cm³/mol. The summed E-state index contributed by atoms with van der Waals surface area (Å²) in [4.78, 5) is 4.39. The van der Waals surface area contributed by atoms with Crippen LogP contribution < -0.4 is 5.32 Å². The fourth-order valence-corrected chi connectivity index (χ4v) is 2.54. The van der Waals surface area contributed by atoms with Crippen LogP contribution in [0.3, 0.4) is 0 Å². The molecule has 0 saturated heterocycles. The Kier molecular flexibility index (Phi) is 3.69. The molecule has 0 atom stereocenters. The van der Waals surface area contributed by atoms with E-state index in [9.17, 15) is 0 Å². The minimum absolute atomic E-state index is 0.459. The molecule has 0 unspecified atom stereocenters. The molecule has 20 heavy (non-hydrogen) atoms. The second-order valence-electron chi connectivity index (χ2n) is 5.12. The maximum atomic E-state index is 5.34. The number of anilines is 1. The summed E-state index contributed by atoms with van der Waals surface area (Å²) in [7, 11) is 0. The van der Waals surface area contributed by atoms with E-state index >= 15 is 0 Å². The number of terminal acetylenes is 1. The van der Waals surface area contributed by atoms with Gasteiger partial charge in [0.15, 0.2) is 0 Å². The standard InChI is InChI=1S/C16H17N3O/c1-2-12-8-10-13(11-9-12)15-18-16(20-19-15)17-14-6-4-3-5-7-14/h1,8-11,14H,3-7H2,(H,17,18,19). The SMILES string of the molecule is C#Cc1ccc(-c2noc(NC3CCCCC3)n2)cc1. The highest BCUT2D eigenvalue weighted by Crippen LogP contribution is 2.23. The van der Waals surface area contributed by atoms with Gasteiger partial charge in [-0.3, -0.25) is 0 Å². The maximum Gasteiger partial charge on any atom is 0.322 e. The van der Waals surface area contributed by atoms with E-state index in [1.54, 1.807) is 0 Å². The number of rotatable bonds is 3. The van der Waals surface area contributed by atoms with E-state index in [1.165, 1.54) is 32.1 Å². The second-order valence-corrected chi connectivity index (χ2v) is 5.12. The normalized spacial score (nSPS) is 15.8. The van der Waals surface area contributed by atoms with Crippen molar-refractivity contribution in [3.63, 3.8) is 0 Å². The quantitative estimate of drug-likeness (QED) is 0.865. The lowest BCUT2D eigenvalue weighted by molar-refractivity contribution is 0.407. The van der Waals surface area contributed by atoms with Crippen LogP contribution in [0.25, 0.3) is 11.4 Å². The Balaban J connectivity index is 1.70. The summed E-state index contributed by atoms with van der Waals surface area (Å²) in [5, 5.41) is 7.33. The Morgan fingerprint density at radius 1 is 1.15 bits per heavy atom. The van der Waals surface area contributed by atoms with E-state index in [0.29, 0.717) is 17.9 Å². The van der Waals surface area contributed by atoms with E-state index in [0.717, 1.165) is 11.1 Å². The van der Waals surface area contributed by atoms with Gasteiger partial charge in [0.1, 0.15) is 0 Å². The first kappa shape index (κ1) is 12.7. The highest BCUT2D eigenvalue weighted by atomic mass is 16.5. The molecular formula is C16H17N3O. The van der Waals surface area contributed by atoms with E-state index in [2.05, 4.69) is 21.4 Å². The van der Waals surface area contributed by atoms with Crippen molar-refractivity contribution in [3.8, 4) is 23.7 Å². The van der Waals surface area contributed by atoms with Crippen molar-refractivity contribution in [2.75, 3.05) is 5.32 Å². The summed E-state index contributed by atoms with van der Waals surface area (Å²) >= 11 is 0. The molecule has 0 bridgehead atoms. The van der Waals surface area contributed by atoms with Crippen molar-refractivity contribution in [2.45, 2.75) is 38.1 Å². The van der Waals surface area contributed by atoms with Crippen molar-refractivity contribution in [1.29, 1.82) is 0 Å². The molecule has 2 aromatic rings. The Labute approximate surface area is 118 Å². The molecule has 0 aliphatic heterocycles. The van der Waals surface area contributed by atoms with Gasteiger partial charge in [0, 0.05) is 17.2 Å². The van der Waals surface area contributed by atoms with E-state index in [1.807, 2.05) is 24.3 Å². The Morgan fingerprint density at radius 3 is 2.60 bits per heavy atom. The summed E-state index contributed by atoms with van der Waals surface area (Å²) < 4.78 is 5.27. The van der Waals surface area contributed by atoms with Gasteiger partial charge < -0.3 is 9.84 Å². The molecule has 1 aromatic carbocycles. The summed E-state index contributed by atoms with van der Waals surface area (Å²) in [5.41, 5.74) is 1.75. The van der Waals surface area contributed by atoms with Gasteiger partial charge in [-0.2, -0.15) is 4.98 Å². The van der Waals surface area contributed by atoms with Gasteiger partial charge in [0.05, 0.1) is 0 Å². The fourth-order valence-electron chi connectivity index (χ4n) is 2.54. The second kappa shape index (κ2) is 5.79. The molecule has 1 fully saturated rings. The molecule has 0 radical (unpaired) electrons. The van der Waals surface area contributed by atoms with Crippen molar-refractivity contribution in [1.82, 2.24) is 10.1 Å². The third-order valence-corrected chi connectivity index (χ3v) is 3.67. The van der Waals surface area contributed by atoms with Crippen LogP contribution in [0.4, 0.5) is 6.01 Å². The number of hydrogen-bond acceptors (Lipinski definition) is 4. The summed E-state index contributed by atoms with van der Waals surface area (Å²) in [6.45, 7) is 0. The molecule has 1 heterocycles. The number of nitrogens with one attached hydrogen (secondary N) is 1. The zero-order valence-corrected chi connectivity index (χ0v) is 11.3. The molecule has 0 amide bonds. The van der Waals surface area contributed by atoms with Crippen LogP contribution in [0.15, 0.2) is 28.8 Å². The molecule has 1 aromatic heterocycles. The topological polar surface area (TPSA) is 51.0 Å². The molecule has 102 valence electrons. The van der Waals surface area contributed by atoms with Gasteiger partial charge in [0.25, 0.3) is 0 Å². The Hall–Kier alpha value is -2.28. The highest BCUT2D eigenvalue weighted by Gasteiger charge is 2.16. The van der Waals surface area contributed by atoms with Crippen LogP contribution in [-0.2, 0) is 0 Å². The van der Waals surface area contributed by atoms with Crippen LogP contribution in [0.1, 0.15) is 37.7 Å². The van der Waals surface area contributed by atoms with Gasteiger partial charge in [-0.05, 0) is 37.1 Å². The Morgan fingerprint density at radius 2 is 1.90 bits per heavy atom. The van der Waals surface area contributed by atoms with Gasteiger partial charge >= 0.3 is 6.01 Å². The Bertz CT molecular complexity index is 603. The zero-order chi connectivity index (χ0) is 13.8. The van der Waals surface area contributed by atoms with E-state index in [4.69, 9.17) is 10.9 Å². The largest absolute Gasteiger partial charge is 0.335 e. The van der Waals surface area contributed by atoms with Gasteiger partial charge in [-0.25, -0.2) is 0 Å². The van der Waals surface area contributed by atoms with Gasteiger partial charge in [-0.1, -0.05) is 30.3 Å². The first-order chi connectivity index (χ1) is 9.85. The molecular weight excluding hydrogens is 250 g/mol. The molecule has 1 N–H and O–H groups in total.